The predicted molar refractivity (Wildman–Crippen MR) is 98.4 cm³/mol. The number of nitrogens with two attached hydrogens (primary N) is 1. The Balaban J connectivity index is 7.32. The van der Waals surface area contributed by atoms with Crippen molar-refractivity contribution in [1.29, 1.82) is 0 Å². The Bertz CT molecular complexity index is 675. The Labute approximate surface area is 175 Å². The molecule has 0 aromatic heterocycles. The minimum Gasteiger partial charge on any atom is -0.481 e. The van der Waals surface area contributed by atoms with E-state index in [1.54, 1.807) is 0 Å². The van der Waals surface area contributed by atoms with Crippen molar-refractivity contribution in [3.05, 3.63) is 0 Å². The van der Waals surface area contributed by atoms with Gasteiger partial charge < -0.3 is 41.7 Å². The summed E-state index contributed by atoms with van der Waals surface area (Å²) in [6.07, 6.45) is -4.90. The molecule has 0 radical (unpaired) electrons. The number of aliphatic carboxylic acids is 6. The summed E-state index contributed by atoms with van der Waals surface area (Å²) in [5.74, 6) is -10.2. The molecule has 0 aliphatic heterocycles. The van der Waals surface area contributed by atoms with Crippen molar-refractivity contribution >= 4 is 35.8 Å². The summed E-state index contributed by atoms with van der Waals surface area (Å²) in [6.45, 7) is -2.94. The highest BCUT2D eigenvalue weighted by atomic mass is 16.4. The molecule has 0 aromatic rings. The average molecular weight is 451 g/mol. The fourth-order valence-corrected chi connectivity index (χ4v) is 3.62. The van der Waals surface area contributed by atoms with Gasteiger partial charge in [0.25, 0.3) is 0 Å². The summed E-state index contributed by atoms with van der Waals surface area (Å²) >= 11 is 0. The number of carboxylic acids is 6. The highest BCUT2D eigenvalue weighted by molar-refractivity contribution is 5.80. The summed E-state index contributed by atoms with van der Waals surface area (Å²) in [4.78, 5) is 69.9. The Kier molecular flexibility index (Phi) is 10.5. The fraction of sp³-hybridized carbons (Fsp3) is 0.625. The lowest BCUT2D eigenvalue weighted by Gasteiger charge is -2.54. The lowest BCUT2D eigenvalue weighted by atomic mass is 9.66. The van der Waals surface area contributed by atoms with E-state index in [1.807, 2.05) is 0 Å². The van der Waals surface area contributed by atoms with Crippen LogP contribution in [-0.2, 0) is 28.8 Å². The summed E-state index contributed by atoms with van der Waals surface area (Å²) in [7, 11) is 0. The van der Waals surface area contributed by atoms with Crippen molar-refractivity contribution in [3.8, 4) is 0 Å². The number of carbonyl (C=O) groups is 6. The van der Waals surface area contributed by atoms with Gasteiger partial charge in [-0.1, -0.05) is 0 Å². The highest BCUT2D eigenvalue weighted by Crippen LogP contribution is 2.41. The summed E-state index contributed by atoms with van der Waals surface area (Å²) in [5.41, 5.74) is 0.360. The molecule has 0 atom stereocenters. The van der Waals surface area contributed by atoms with Crippen molar-refractivity contribution in [1.82, 2.24) is 10.2 Å². The molecular weight excluding hydrogens is 426 g/mol. The van der Waals surface area contributed by atoms with E-state index in [9.17, 15) is 59.4 Å². The Morgan fingerprint density at radius 2 is 1.00 bits per heavy atom. The molecule has 0 unspecified atom stereocenters. The van der Waals surface area contributed by atoms with E-state index in [0.717, 1.165) is 0 Å². The Hall–Kier alpha value is -3.30. The lowest BCUT2D eigenvalue weighted by molar-refractivity contribution is -0.165. The molecule has 0 saturated heterocycles. The van der Waals surface area contributed by atoms with Crippen molar-refractivity contribution < 1.29 is 59.4 Å². The van der Waals surface area contributed by atoms with Gasteiger partial charge in [0.15, 0.2) is 0 Å². The maximum absolute atomic E-state index is 11.7. The topological polar surface area (TPSA) is 265 Å². The molecule has 0 fully saturated rings. The number of hydrogen-bond acceptors (Lipinski definition) is 9. The largest absolute Gasteiger partial charge is 0.481 e. The van der Waals surface area contributed by atoms with Crippen molar-refractivity contribution in [2.24, 2.45) is 5.73 Å². The quantitative estimate of drug-likeness (QED) is 0.112. The maximum Gasteiger partial charge on any atom is 0.317 e. The minimum atomic E-state index is -2.60. The van der Waals surface area contributed by atoms with E-state index in [-0.39, 0.29) is 13.1 Å². The molecule has 15 nitrogen and oxygen atoms in total. The van der Waals surface area contributed by atoms with Gasteiger partial charge in [-0.15, -0.1) is 0 Å². The summed E-state index contributed by atoms with van der Waals surface area (Å²) < 4.78 is 0. The number of nitrogens with zero attached hydrogens (tertiary/aromatic N) is 1. The van der Waals surface area contributed by atoms with Crippen LogP contribution < -0.4 is 11.1 Å². The monoisotopic (exact) mass is 451 g/mol. The van der Waals surface area contributed by atoms with Crippen LogP contribution in [0.1, 0.15) is 25.7 Å². The molecule has 31 heavy (non-hydrogen) atoms. The summed E-state index contributed by atoms with van der Waals surface area (Å²) in [5, 5.41) is 58.8. The van der Waals surface area contributed by atoms with Crippen molar-refractivity contribution in [3.63, 3.8) is 0 Å². The van der Waals surface area contributed by atoms with Crippen LogP contribution in [0, 0.1) is 0 Å². The van der Waals surface area contributed by atoms with E-state index < -0.39 is 85.7 Å². The Morgan fingerprint density at radius 3 is 1.26 bits per heavy atom. The first kappa shape index (κ1) is 27.7. The second-order valence-electron chi connectivity index (χ2n) is 6.75. The van der Waals surface area contributed by atoms with Gasteiger partial charge in [0.2, 0.25) is 0 Å². The van der Waals surface area contributed by atoms with E-state index >= 15 is 0 Å². The van der Waals surface area contributed by atoms with E-state index in [2.05, 4.69) is 5.32 Å². The van der Waals surface area contributed by atoms with Gasteiger partial charge in [0.05, 0.1) is 49.9 Å². The molecule has 0 bridgehead atoms. The molecule has 0 aliphatic carbocycles. The number of carboxylic acid groups (broad SMARTS) is 6. The van der Waals surface area contributed by atoms with Crippen LogP contribution in [0.25, 0.3) is 0 Å². The zero-order valence-corrected chi connectivity index (χ0v) is 16.3. The van der Waals surface area contributed by atoms with Gasteiger partial charge in [0, 0.05) is 13.1 Å². The van der Waals surface area contributed by atoms with E-state index in [0.29, 0.717) is 4.90 Å². The van der Waals surface area contributed by atoms with Crippen LogP contribution in [0.2, 0.25) is 0 Å². The number of nitrogens with one attached hydrogen (secondary N) is 1. The van der Waals surface area contributed by atoms with Crippen LogP contribution >= 0.6 is 0 Å². The van der Waals surface area contributed by atoms with Gasteiger partial charge in [-0.3, -0.25) is 33.7 Å². The summed E-state index contributed by atoms with van der Waals surface area (Å²) in [6, 6.07) is 0. The zero-order chi connectivity index (χ0) is 24.4. The number of rotatable bonds is 17. The first-order chi connectivity index (χ1) is 14.2. The van der Waals surface area contributed by atoms with Gasteiger partial charge in [-0.25, -0.2) is 0 Å². The SMILES string of the molecule is NCCNC(CC(=O)O)(CC(=O)O)C(CC(=O)O)(CC(=O)O)N(CC(=O)O)CC(=O)O. The van der Waals surface area contributed by atoms with Crippen LogP contribution in [-0.4, -0.2) is 109 Å². The standard InChI is InChI=1S/C16H25N3O12/c17-1-2-18-15(3-9(20)21,4-10(22)23)16(5-11(24)25,6-12(26)27)19(7-13(28)29)8-14(30)31/h18H,1-8,17H2,(H,20,21)(H,22,23)(H,24,25)(H,26,27)(H,28,29)(H,30,31). The Morgan fingerprint density at radius 1 is 0.645 bits per heavy atom. The second kappa shape index (κ2) is 11.8. The lowest BCUT2D eigenvalue weighted by Crippen LogP contribution is -2.74. The highest BCUT2D eigenvalue weighted by Gasteiger charge is 2.59. The minimum absolute atomic E-state index is 0.213. The first-order valence-electron chi connectivity index (χ1n) is 8.72. The van der Waals surface area contributed by atoms with Crippen LogP contribution in [0.3, 0.4) is 0 Å². The van der Waals surface area contributed by atoms with Gasteiger partial charge >= 0.3 is 35.8 Å². The van der Waals surface area contributed by atoms with Crippen LogP contribution in [0.4, 0.5) is 0 Å². The molecule has 0 aromatic carbocycles. The molecule has 0 rings (SSSR count). The van der Waals surface area contributed by atoms with Crippen LogP contribution in [0.15, 0.2) is 0 Å². The zero-order valence-electron chi connectivity index (χ0n) is 16.3. The van der Waals surface area contributed by atoms with E-state index in [1.165, 1.54) is 0 Å². The molecule has 0 spiro atoms. The van der Waals surface area contributed by atoms with Gasteiger partial charge in [-0.05, 0) is 0 Å². The smallest absolute Gasteiger partial charge is 0.317 e. The fourth-order valence-electron chi connectivity index (χ4n) is 3.62. The van der Waals surface area contributed by atoms with Gasteiger partial charge in [-0.2, -0.15) is 0 Å². The van der Waals surface area contributed by atoms with Crippen LogP contribution in [0.5, 0.6) is 0 Å². The molecule has 0 amide bonds. The third kappa shape index (κ3) is 8.15. The second-order valence-corrected chi connectivity index (χ2v) is 6.75. The van der Waals surface area contributed by atoms with E-state index in [4.69, 9.17) is 5.73 Å². The maximum atomic E-state index is 11.7. The molecule has 0 heterocycles. The molecule has 176 valence electrons. The predicted octanol–water partition coefficient (Wildman–Crippen LogP) is -2.62. The first-order valence-corrected chi connectivity index (χ1v) is 8.72. The average Bonchev–Trinajstić information content (AvgIpc) is 2.55. The van der Waals surface area contributed by atoms with Crippen molar-refractivity contribution in [2.45, 2.75) is 36.8 Å². The third-order valence-electron chi connectivity index (χ3n) is 4.55. The van der Waals surface area contributed by atoms with Crippen molar-refractivity contribution in [2.75, 3.05) is 26.2 Å². The normalized spacial score (nSPS) is 11.8. The third-order valence-corrected chi connectivity index (χ3v) is 4.55. The van der Waals surface area contributed by atoms with Gasteiger partial charge in [0.1, 0.15) is 0 Å². The molecule has 0 aliphatic rings. The molecular formula is C16H25N3O12. The molecule has 0 saturated carbocycles. The molecule has 9 N–H and O–H groups in total. The number of hydrogen-bond donors (Lipinski definition) is 8. The molecule has 15 heteroatoms.